The van der Waals surface area contributed by atoms with E-state index in [1.54, 1.807) is 11.3 Å². The van der Waals surface area contributed by atoms with Crippen LogP contribution >= 0.6 is 11.3 Å². The summed E-state index contributed by atoms with van der Waals surface area (Å²) in [5.74, 6) is 0. The summed E-state index contributed by atoms with van der Waals surface area (Å²) in [6.07, 6.45) is 5.32. The van der Waals surface area contributed by atoms with Gasteiger partial charge in [0, 0.05) is 25.0 Å². The smallest absolute Gasteiger partial charge is 0.0764 e. The number of hydrogen-bond donors (Lipinski definition) is 1. The number of thiophene rings is 1. The summed E-state index contributed by atoms with van der Waals surface area (Å²) in [6, 6.07) is 2.13. The van der Waals surface area contributed by atoms with Crippen LogP contribution in [0.25, 0.3) is 0 Å². The minimum atomic E-state index is -0.248. The standard InChI is InChI=1S/C15H23NO2S/c17-14(11-13-3-10-19-12-13)15(4-1-2-5-15)16-6-8-18-9-7-16/h3,10,12,14,17H,1-2,4-9,11H2. The average molecular weight is 281 g/mol. The summed E-state index contributed by atoms with van der Waals surface area (Å²) < 4.78 is 5.47. The third-order valence-corrected chi connectivity index (χ3v) is 5.47. The predicted octanol–water partition coefficient (Wildman–Crippen LogP) is 2.30. The van der Waals surface area contributed by atoms with E-state index in [1.165, 1.54) is 18.4 Å². The summed E-state index contributed by atoms with van der Waals surface area (Å²) in [5.41, 5.74) is 1.28. The lowest BCUT2D eigenvalue weighted by atomic mass is 9.84. The predicted molar refractivity (Wildman–Crippen MR) is 77.6 cm³/mol. The van der Waals surface area contributed by atoms with Gasteiger partial charge < -0.3 is 9.84 Å². The molecule has 1 aliphatic carbocycles. The second kappa shape index (κ2) is 5.92. The molecule has 1 atom stereocenters. The molecule has 1 aliphatic heterocycles. The molecule has 3 nitrogen and oxygen atoms in total. The molecular formula is C15H23NO2S. The zero-order valence-electron chi connectivity index (χ0n) is 11.4. The molecule has 0 radical (unpaired) electrons. The van der Waals surface area contributed by atoms with Crippen LogP contribution in [0.5, 0.6) is 0 Å². The first-order valence-corrected chi connectivity index (χ1v) is 8.27. The summed E-state index contributed by atoms with van der Waals surface area (Å²) in [4.78, 5) is 2.50. The van der Waals surface area contributed by atoms with Crippen LogP contribution < -0.4 is 0 Å². The van der Waals surface area contributed by atoms with Crippen LogP contribution in [0.4, 0.5) is 0 Å². The first-order valence-electron chi connectivity index (χ1n) is 7.33. The number of rotatable bonds is 4. The van der Waals surface area contributed by atoms with Gasteiger partial charge in [0.05, 0.1) is 19.3 Å². The van der Waals surface area contributed by atoms with E-state index in [0.29, 0.717) is 0 Å². The van der Waals surface area contributed by atoms with Gasteiger partial charge >= 0.3 is 0 Å². The maximum atomic E-state index is 10.8. The highest BCUT2D eigenvalue weighted by Gasteiger charge is 2.45. The van der Waals surface area contributed by atoms with Crippen LogP contribution in [0.2, 0.25) is 0 Å². The Morgan fingerprint density at radius 1 is 1.32 bits per heavy atom. The van der Waals surface area contributed by atoms with Gasteiger partial charge in [-0.3, -0.25) is 4.90 Å². The Morgan fingerprint density at radius 3 is 2.68 bits per heavy atom. The van der Waals surface area contributed by atoms with Crippen molar-refractivity contribution in [1.29, 1.82) is 0 Å². The fraction of sp³-hybridized carbons (Fsp3) is 0.733. The van der Waals surface area contributed by atoms with Gasteiger partial charge in [-0.25, -0.2) is 0 Å². The zero-order valence-corrected chi connectivity index (χ0v) is 12.2. The highest BCUT2D eigenvalue weighted by molar-refractivity contribution is 7.07. The van der Waals surface area contributed by atoms with Crippen molar-refractivity contribution in [2.75, 3.05) is 26.3 Å². The van der Waals surface area contributed by atoms with E-state index < -0.39 is 0 Å². The molecule has 0 aromatic carbocycles. The molecule has 1 unspecified atom stereocenters. The zero-order chi connectivity index (χ0) is 13.1. The topological polar surface area (TPSA) is 32.7 Å². The Bertz CT molecular complexity index is 381. The lowest BCUT2D eigenvalue weighted by Crippen LogP contribution is -2.59. The van der Waals surface area contributed by atoms with Crippen LogP contribution in [0, 0.1) is 0 Å². The van der Waals surface area contributed by atoms with Crippen LogP contribution in [0.3, 0.4) is 0 Å². The van der Waals surface area contributed by atoms with Crippen molar-refractivity contribution in [3.8, 4) is 0 Å². The van der Waals surface area contributed by atoms with Crippen molar-refractivity contribution < 1.29 is 9.84 Å². The Balaban J connectivity index is 1.75. The normalized spacial score (nSPS) is 25.5. The third-order valence-electron chi connectivity index (χ3n) is 4.74. The number of nitrogens with zero attached hydrogens (tertiary/aromatic N) is 1. The monoisotopic (exact) mass is 281 g/mol. The number of hydrogen-bond acceptors (Lipinski definition) is 4. The molecule has 3 rings (SSSR count). The summed E-state index contributed by atoms with van der Waals surface area (Å²) in [7, 11) is 0. The van der Waals surface area contributed by atoms with E-state index in [2.05, 4.69) is 21.7 Å². The minimum Gasteiger partial charge on any atom is -0.391 e. The molecule has 1 aromatic rings. The van der Waals surface area contributed by atoms with Crippen LogP contribution in [0.15, 0.2) is 16.8 Å². The number of aliphatic hydroxyl groups excluding tert-OH is 1. The Hall–Kier alpha value is -0.420. The lowest BCUT2D eigenvalue weighted by molar-refractivity contribution is -0.0753. The molecule has 1 saturated heterocycles. The van der Waals surface area contributed by atoms with Crippen LogP contribution in [0.1, 0.15) is 31.2 Å². The fourth-order valence-corrected chi connectivity index (χ4v) is 4.36. The summed E-state index contributed by atoms with van der Waals surface area (Å²) in [6.45, 7) is 3.57. The second-order valence-corrected chi connectivity index (χ2v) is 6.54. The fourth-order valence-electron chi connectivity index (χ4n) is 3.68. The molecule has 0 bridgehead atoms. The van der Waals surface area contributed by atoms with Crippen molar-refractivity contribution in [3.05, 3.63) is 22.4 Å². The first-order chi connectivity index (χ1) is 9.31. The first kappa shape index (κ1) is 13.6. The molecule has 19 heavy (non-hydrogen) atoms. The maximum Gasteiger partial charge on any atom is 0.0764 e. The molecule has 1 saturated carbocycles. The van der Waals surface area contributed by atoms with Gasteiger partial charge in [0.25, 0.3) is 0 Å². The molecule has 0 spiro atoms. The van der Waals surface area contributed by atoms with Gasteiger partial charge in [-0.2, -0.15) is 11.3 Å². The molecular weight excluding hydrogens is 258 g/mol. The van der Waals surface area contributed by atoms with E-state index in [9.17, 15) is 5.11 Å². The van der Waals surface area contributed by atoms with Gasteiger partial charge in [0.1, 0.15) is 0 Å². The van der Waals surface area contributed by atoms with E-state index in [1.807, 2.05) is 0 Å². The molecule has 2 heterocycles. The highest BCUT2D eigenvalue weighted by atomic mass is 32.1. The molecule has 106 valence electrons. The second-order valence-electron chi connectivity index (χ2n) is 5.76. The molecule has 4 heteroatoms. The Labute approximate surface area is 119 Å². The van der Waals surface area contributed by atoms with Gasteiger partial charge in [-0.05, 0) is 35.2 Å². The quantitative estimate of drug-likeness (QED) is 0.919. The largest absolute Gasteiger partial charge is 0.391 e. The van der Waals surface area contributed by atoms with Gasteiger partial charge in [0.2, 0.25) is 0 Å². The van der Waals surface area contributed by atoms with Crippen LogP contribution in [-0.2, 0) is 11.2 Å². The maximum absolute atomic E-state index is 10.8. The van der Waals surface area contributed by atoms with Crippen molar-refractivity contribution in [2.45, 2.75) is 43.7 Å². The highest BCUT2D eigenvalue weighted by Crippen LogP contribution is 2.39. The van der Waals surface area contributed by atoms with Crippen molar-refractivity contribution in [2.24, 2.45) is 0 Å². The van der Waals surface area contributed by atoms with Gasteiger partial charge in [-0.15, -0.1) is 0 Å². The summed E-state index contributed by atoms with van der Waals surface area (Å²) >= 11 is 1.71. The third kappa shape index (κ3) is 2.72. The molecule has 1 N–H and O–H groups in total. The SMILES string of the molecule is OC(Cc1ccsc1)C1(N2CCOCC2)CCCC1. The lowest BCUT2D eigenvalue weighted by Gasteiger charge is -2.46. The average Bonchev–Trinajstić information content (AvgIpc) is 3.11. The molecule has 2 aliphatic rings. The number of aliphatic hydroxyl groups is 1. The Morgan fingerprint density at radius 2 is 2.05 bits per heavy atom. The summed E-state index contributed by atoms with van der Waals surface area (Å²) in [5, 5.41) is 15.1. The van der Waals surface area contributed by atoms with Crippen molar-refractivity contribution >= 4 is 11.3 Å². The number of ether oxygens (including phenoxy) is 1. The number of morpholine rings is 1. The van der Waals surface area contributed by atoms with E-state index in [4.69, 9.17) is 4.74 Å². The van der Waals surface area contributed by atoms with Gasteiger partial charge in [0.15, 0.2) is 0 Å². The molecule has 2 fully saturated rings. The Kier molecular flexibility index (Phi) is 4.22. The van der Waals surface area contributed by atoms with E-state index >= 15 is 0 Å². The minimum absolute atomic E-state index is 0.00567. The van der Waals surface area contributed by atoms with E-state index in [0.717, 1.165) is 45.6 Å². The van der Waals surface area contributed by atoms with Crippen molar-refractivity contribution in [1.82, 2.24) is 4.90 Å². The molecule has 0 amide bonds. The van der Waals surface area contributed by atoms with E-state index in [-0.39, 0.29) is 11.6 Å². The van der Waals surface area contributed by atoms with Crippen molar-refractivity contribution in [3.63, 3.8) is 0 Å². The van der Waals surface area contributed by atoms with Gasteiger partial charge in [-0.1, -0.05) is 12.8 Å². The molecule has 1 aromatic heterocycles. The van der Waals surface area contributed by atoms with Crippen LogP contribution in [-0.4, -0.2) is 48.0 Å².